The van der Waals surface area contributed by atoms with Crippen LogP contribution >= 0.6 is 9.24 Å². The molecule has 0 aliphatic heterocycles. The first-order valence-electron chi connectivity index (χ1n) is 3.56. The van der Waals surface area contributed by atoms with E-state index in [1.54, 1.807) is 0 Å². The third-order valence-corrected chi connectivity index (χ3v) is 2.03. The maximum atomic E-state index is 12.7. The normalized spacial score (nSPS) is 10.5. The van der Waals surface area contributed by atoms with Crippen LogP contribution < -0.4 is 5.30 Å². The van der Waals surface area contributed by atoms with Crippen molar-refractivity contribution in [2.75, 3.05) is 0 Å². The van der Waals surface area contributed by atoms with Crippen LogP contribution in [0.25, 0.3) is 10.9 Å². The zero-order chi connectivity index (χ0) is 8.55. The number of aromatic nitrogens is 1. The van der Waals surface area contributed by atoms with E-state index in [0.29, 0.717) is 0 Å². The molecular weight excluding hydrogens is 172 g/mol. The Balaban J connectivity index is 2.80. The lowest BCUT2D eigenvalue weighted by atomic mass is 10.2. The van der Waals surface area contributed by atoms with E-state index in [-0.39, 0.29) is 5.82 Å². The molecule has 2 aromatic rings. The summed E-state index contributed by atoms with van der Waals surface area (Å²) in [4.78, 5) is 3.94. The first kappa shape index (κ1) is 7.63. The molecule has 3 heteroatoms. The largest absolute Gasteiger partial charge is 0.253 e. The van der Waals surface area contributed by atoms with Crippen LogP contribution in [0, 0.1) is 5.82 Å². The van der Waals surface area contributed by atoms with E-state index in [9.17, 15) is 4.39 Å². The molecule has 0 spiro atoms. The SMILES string of the molecule is Fc1cnc2ccc(P)cc2c1. The van der Waals surface area contributed by atoms with Crippen LogP contribution in [0.1, 0.15) is 0 Å². The number of fused-ring (bicyclic) bond motifs is 1. The van der Waals surface area contributed by atoms with Gasteiger partial charge in [0.05, 0.1) is 11.7 Å². The fourth-order valence-electron chi connectivity index (χ4n) is 1.12. The molecule has 0 fully saturated rings. The molecule has 60 valence electrons. The van der Waals surface area contributed by atoms with Crippen molar-refractivity contribution in [3.63, 3.8) is 0 Å². The van der Waals surface area contributed by atoms with Gasteiger partial charge in [-0.3, -0.25) is 4.98 Å². The molecule has 1 atom stereocenters. The summed E-state index contributed by atoms with van der Waals surface area (Å²) >= 11 is 0. The molecule has 0 aliphatic carbocycles. The highest BCUT2D eigenvalue weighted by atomic mass is 31.0. The van der Waals surface area contributed by atoms with Crippen molar-refractivity contribution in [1.29, 1.82) is 0 Å². The van der Waals surface area contributed by atoms with Gasteiger partial charge >= 0.3 is 0 Å². The maximum Gasteiger partial charge on any atom is 0.142 e. The van der Waals surface area contributed by atoms with E-state index >= 15 is 0 Å². The minimum Gasteiger partial charge on any atom is -0.253 e. The first-order valence-corrected chi connectivity index (χ1v) is 4.14. The lowest BCUT2D eigenvalue weighted by Crippen LogP contribution is -1.90. The quantitative estimate of drug-likeness (QED) is 0.562. The van der Waals surface area contributed by atoms with Crippen LogP contribution in [-0.2, 0) is 0 Å². The van der Waals surface area contributed by atoms with Gasteiger partial charge in [-0.25, -0.2) is 4.39 Å². The third-order valence-electron chi connectivity index (χ3n) is 1.67. The molecule has 0 aliphatic rings. The Hall–Kier alpha value is -1.01. The molecule has 12 heavy (non-hydrogen) atoms. The zero-order valence-corrected chi connectivity index (χ0v) is 7.44. The number of halogens is 1. The monoisotopic (exact) mass is 179 g/mol. The smallest absolute Gasteiger partial charge is 0.142 e. The highest BCUT2D eigenvalue weighted by Crippen LogP contribution is 2.11. The summed E-state index contributed by atoms with van der Waals surface area (Å²) in [6, 6.07) is 7.17. The van der Waals surface area contributed by atoms with Crippen LogP contribution in [0.4, 0.5) is 4.39 Å². The highest BCUT2D eigenvalue weighted by Gasteiger charge is 1.96. The van der Waals surface area contributed by atoms with Gasteiger partial charge in [0.2, 0.25) is 0 Å². The zero-order valence-electron chi connectivity index (χ0n) is 6.29. The van der Waals surface area contributed by atoms with Crippen molar-refractivity contribution in [3.05, 3.63) is 36.3 Å². The number of pyridine rings is 1. The molecule has 1 aromatic carbocycles. The molecule has 2 rings (SSSR count). The topological polar surface area (TPSA) is 12.9 Å². The Morgan fingerprint density at radius 1 is 1.25 bits per heavy atom. The van der Waals surface area contributed by atoms with E-state index < -0.39 is 0 Å². The van der Waals surface area contributed by atoms with Gasteiger partial charge in [0.15, 0.2) is 0 Å². The number of nitrogens with zero attached hydrogens (tertiary/aromatic N) is 1. The Labute approximate surface area is 71.8 Å². The van der Waals surface area contributed by atoms with E-state index in [1.165, 1.54) is 12.3 Å². The van der Waals surface area contributed by atoms with Gasteiger partial charge in [0, 0.05) is 5.39 Å². The number of hydrogen-bond donors (Lipinski definition) is 0. The van der Waals surface area contributed by atoms with Gasteiger partial charge in [-0.15, -0.1) is 9.24 Å². The molecule has 1 unspecified atom stereocenters. The molecule has 1 nitrogen and oxygen atoms in total. The van der Waals surface area contributed by atoms with Crippen molar-refractivity contribution >= 4 is 25.4 Å². The summed E-state index contributed by atoms with van der Waals surface area (Å²) in [5.74, 6) is -0.293. The van der Waals surface area contributed by atoms with E-state index in [2.05, 4.69) is 14.2 Å². The predicted octanol–water partition coefficient (Wildman–Crippen LogP) is 1.87. The molecule has 0 N–H and O–H groups in total. The molecule has 1 heterocycles. The fraction of sp³-hybridized carbons (Fsp3) is 0. The van der Waals surface area contributed by atoms with Gasteiger partial charge in [0.25, 0.3) is 0 Å². The Morgan fingerprint density at radius 2 is 2.08 bits per heavy atom. The summed E-state index contributed by atoms with van der Waals surface area (Å²) in [5, 5.41) is 1.87. The van der Waals surface area contributed by atoms with Gasteiger partial charge in [-0.05, 0) is 23.5 Å². The van der Waals surface area contributed by atoms with Crippen LogP contribution in [0.5, 0.6) is 0 Å². The van der Waals surface area contributed by atoms with Gasteiger partial charge in [0.1, 0.15) is 5.82 Å². The van der Waals surface area contributed by atoms with E-state index in [1.807, 2.05) is 18.2 Å². The number of hydrogen-bond acceptors (Lipinski definition) is 1. The summed E-state index contributed by atoms with van der Waals surface area (Å²) in [5.41, 5.74) is 0.822. The minimum atomic E-state index is -0.293. The fourth-order valence-corrected chi connectivity index (χ4v) is 1.40. The van der Waals surface area contributed by atoms with E-state index in [4.69, 9.17) is 0 Å². The number of rotatable bonds is 0. The lowest BCUT2D eigenvalue weighted by Gasteiger charge is -1.97. The van der Waals surface area contributed by atoms with Gasteiger partial charge < -0.3 is 0 Å². The molecular formula is C9H7FNP. The average Bonchev–Trinajstić information content (AvgIpc) is 2.03. The summed E-state index contributed by atoms with van der Waals surface area (Å²) in [6.45, 7) is 0. The molecule has 0 bridgehead atoms. The van der Waals surface area contributed by atoms with Crippen LogP contribution in [0.15, 0.2) is 30.5 Å². The van der Waals surface area contributed by atoms with Crippen LogP contribution in [0.3, 0.4) is 0 Å². The maximum absolute atomic E-state index is 12.7. The lowest BCUT2D eigenvalue weighted by molar-refractivity contribution is 0.624. The van der Waals surface area contributed by atoms with Crippen molar-refractivity contribution in [2.45, 2.75) is 0 Å². The predicted molar refractivity (Wildman–Crippen MR) is 51.0 cm³/mol. The average molecular weight is 179 g/mol. The highest BCUT2D eigenvalue weighted by molar-refractivity contribution is 7.27. The van der Waals surface area contributed by atoms with Crippen LogP contribution in [-0.4, -0.2) is 4.98 Å². The van der Waals surface area contributed by atoms with E-state index in [0.717, 1.165) is 16.2 Å². The standard InChI is InChI=1S/C9H7FNP/c10-7-3-6-4-8(12)1-2-9(6)11-5-7/h1-5H,12H2. The summed E-state index contributed by atoms with van der Waals surface area (Å²) in [6.07, 6.45) is 1.23. The second-order valence-corrected chi connectivity index (χ2v) is 3.27. The van der Waals surface area contributed by atoms with Gasteiger partial charge in [-0.1, -0.05) is 6.07 Å². The van der Waals surface area contributed by atoms with Gasteiger partial charge in [-0.2, -0.15) is 0 Å². The van der Waals surface area contributed by atoms with Crippen molar-refractivity contribution < 1.29 is 4.39 Å². The van der Waals surface area contributed by atoms with Crippen LogP contribution in [0.2, 0.25) is 0 Å². The Morgan fingerprint density at radius 3 is 2.92 bits per heavy atom. The summed E-state index contributed by atoms with van der Waals surface area (Å²) < 4.78 is 12.7. The second kappa shape index (κ2) is 2.80. The molecule has 0 saturated carbocycles. The second-order valence-electron chi connectivity index (χ2n) is 2.61. The molecule has 0 radical (unpaired) electrons. The molecule has 0 saturated heterocycles. The van der Waals surface area contributed by atoms with Crippen molar-refractivity contribution in [3.8, 4) is 0 Å². The first-order chi connectivity index (χ1) is 5.75. The van der Waals surface area contributed by atoms with Crippen molar-refractivity contribution in [1.82, 2.24) is 4.98 Å². The molecule has 1 aromatic heterocycles. The summed E-state index contributed by atoms with van der Waals surface area (Å²) in [7, 11) is 2.57. The third kappa shape index (κ3) is 1.30. The minimum absolute atomic E-state index is 0.293. The van der Waals surface area contributed by atoms with Crippen molar-refractivity contribution in [2.24, 2.45) is 0 Å². The number of benzene rings is 1. The Bertz CT molecular complexity index is 391. The Kier molecular flexibility index (Phi) is 1.78. The molecule has 0 amide bonds.